The minimum atomic E-state index is 0.135. The molecule has 0 radical (unpaired) electrons. The molecule has 2 rings (SSSR count). The van der Waals surface area contributed by atoms with E-state index in [4.69, 9.17) is 5.11 Å². The largest absolute Gasteiger partial charge is 0.508 e. The van der Waals surface area contributed by atoms with Crippen LogP contribution in [0.3, 0.4) is 0 Å². The fourth-order valence-electron chi connectivity index (χ4n) is 1.96. The number of azo groups is 1. The summed E-state index contributed by atoms with van der Waals surface area (Å²) >= 11 is 0. The zero-order chi connectivity index (χ0) is 15.1. The molecule has 0 aromatic heterocycles. The van der Waals surface area contributed by atoms with E-state index in [0.717, 1.165) is 17.9 Å². The number of hydrogen-bond acceptors (Lipinski definition) is 5. The van der Waals surface area contributed by atoms with E-state index >= 15 is 0 Å². The lowest BCUT2D eigenvalue weighted by molar-refractivity contribution is 0.302. The van der Waals surface area contributed by atoms with Gasteiger partial charge in [0.2, 0.25) is 0 Å². The van der Waals surface area contributed by atoms with Crippen LogP contribution in [0.5, 0.6) is 5.75 Å². The van der Waals surface area contributed by atoms with Crippen LogP contribution in [0.1, 0.15) is 6.92 Å². The summed E-state index contributed by atoms with van der Waals surface area (Å²) in [5, 5.41) is 26.5. The van der Waals surface area contributed by atoms with Crippen LogP contribution in [-0.4, -0.2) is 29.9 Å². The van der Waals surface area contributed by atoms with Crippen molar-refractivity contribution in [1.29, 1.82) is 0 Å². The molecule has 21 heavy (non-hydrogen) atoms. The lowest BCUT2D eigenvalue weighted by Gasteiger charge is -2.21. The normalized spacial score (nSPS) is 11.0. The summed E-state index contributed by atoms with van der Waals surface area (Å²) in [6, 6.07) is 14.3. The van der Waals surface area contributed by atoms with Gasteiger partial charge in [0.05, 0.1) is 18.0 Å². The van der Waals surface area contributed by atoms with Gasteiger partial charge in [0.25, 0.3) is 0 Å². The molecule has 0 aliphatic heterocycles. The number of aliphatic hydroxyl groups is 1. The molecule has 2 aromatic carbocycles. The molecule has 0 heterocycles. The molecule has 0 atom stereocenters. The highest BCUT2D eigenvalue weighted by atomic mass is 16.3. The second-order valence-electron chi connectivity index (χ2n) is 4.54. The van der Waals surface area contributed by atoms with Crippen molar-refractivity contribution in [3.63, 3.8) is 0 Å². The van der Waals surface area contributed by atoms with Gasteiger partial charge in [0.15, 0.2) is 0 Å². The highest BCUT2D eigenvalue weighted by Crippen LogP contribution is 2.23. The Balaban J connectivity index is 2.06. The highest BCUT2D eigenvalue weighted by Gasteiger charge is 2.02. The van der Waals surface area contributed by atoms with Crippen LogP contribution in [0.2, 0.25) is 0 Å². The molecule has 110 valence electrons. The Hall–Kier alpha value is -2.40. The zero-order valence-electron chi connectivity index (χ0n) is 12.0. The van der Waals surface area contributed by atoms with Crippen LogP contribution in [0, 0.1) is 0 Å². The van der Waals surface area contributed by atoms with Gasteiger partial charge in [-0.2, -0.15) is 10.2 Å². The number of benzene rings is 2. The smallest absolute Gasteiger partial charge is 0.115 e. The Kier molecular flexibility index (Phi) is 5.29. The molecule has 0 fully saturated rings. The van der Waals surface area contributed by atoms with Gasteiger partial charge < -0.3 is 15.1 Å². The van der Waals surface area contributed by atoms with Gasteiger partial charge in [0.1, 0.15) is 5.75 Å². The molecule has 0 aliphatic carbocycles. The van der Waals surface area contributed by atoms with E-state index in [0.29, 0.717) is 12.2 Å². The molecular weight excluding hydrogens is 266 g/mol. The number of aliphatic hydroxyl groups excluding tert-OH is 1. The number of aromatic hydroxyl groups is 1. The first-order chi connectivity index (χ1) is 10.2. The lowest BCUT2D eigenvalue weighted by atomic mass is 10.2. The Morgan fingerprint density at radius 3 is 1.90 bits per heavy atom. The summed E-state index contributed by atoms with van der Waals surface area (Å²) in [6.45, 7) is 3.64. The maximum atomic E-state index is 9.20. The van der Waals surface area contributed by atoms with Crippen LogP contribution < -0.4 is 4.90 Å². The second-order valence-corrected chi connectivity index (χ2v) is 4.54. The van der Waals surface area contributed by atoms with Gasteiger partial charge in [-0.05, 0) is 55.5 Å². The van der Waals surface area contributed by atoms with Crippen molar-refractivity contribution in [1.82, 2.24) is 0 Å². The minimum Gasteiger partial charge on any atom is -0.508 e. The van der Waals surface area contributed by atoms with Gasteiger partial charge in [-0.25, -0.2) is 0 Å². The molecule has 2 aromatic rings. The summed E-state index contributed by atoms with van der Waals surface area (Å²) < 4.78 is 0. The minimum absolute atomic E-state index is 0.135. The number of anilines is 1. The van der Waals surface area contributed by atoms with Crippen LogP contribution in [0.4, 0.5) is 17.1 Å². The number of rotatable bonds is 6. The molecule has 0 saturated carbocycles. The van der Waals surface area contributed by atoms with Crippen LogP contribution in [-0.2, 0) is 0 Å². The number of hydrogen-bond donors (Lipinski definition) is 2. The fraction of sp³-hybridized carbons (Fsp3) is 0.250. The van der Waals surface area contributed by atoms with Crippen molar-refractivity contribution in [2.75, 3.05) is 24.6 Å². The van der Waals surface area contributed by atoms with Crippen molar-refractivity contribution < 1.29 is 10.2 Å². The van der Waals surface area contributed by atoms with E-state index in [1.54, 1.807) is 24.3 Å². The number of phenolic OH excluding ortho intramolecular Hbond substituents is 1. The molecule has 0 unspecified atom stereocenters. The van der Waals surface area contributed by atoms with E-state index < -0.39 is 0 Å². The first kappa shape index (κ1) is 15.0. The van der Waals surface area contributed by atoms with Crippen molar-refractivity contribution in [3.8, 4) is 5.75 Å². The molecule has 0 saturated heterocycles. The molecule has 5 nitrogen and oxygen atoms in total. The summed E-state index contributed by atoms with van der Waals surface area (Å²) in [5.74, 6) is 0.210. The summed E-state index contributed by atoms with van der Waals surface area (Å²) in [5.41, 5.74) is 2.49. The molecule has 0 spiro atoms. The van der Waals surface area contributed by atoms with Crippen molar-refractivity contribution in [2.24, 2.45) is 10.2 Å². The van der Waals surface area contributed by atoms with E-state index in [2.05, 4.69) is 15.1 Å². The van der Waals surface area contributed by atoms with Crippen molar-refractivity contribution in [3.05, 3.63) is 48.5 Å². The summed E-state index contributed by atoms with van der Waals surface area (Å²) in [6.07, 6.45) is 0. The van der Waals surface area contributed by atoms with Gasteiger partial charge in [0, 0.05) is 18.8 Å². The maximum absolute atomic E-state index is 9.20. The SMILES string of the molecule is CCN(CCO)c1ccc(N=Nc2ccc(O)cc2)cc1. The van der Waals surface area contributed by atoms with E-state index in [9.17, 15) is 5.11 Å². The molecule has 5 heteroatoms. The molecule has 0 bridgehead atoms. The third-order valence-corrected chi connectivity index (χ3v) is 3.10. The van der Waals surface area contributed by atoms with E-state index in [1.165, 1.54) is 0 Å². The first-order valence-electron chi connectivity index (χ1n) is 6.89. The fourth-order valence-corrected chi connectivity index (χ4v) is 1.96. The number of likely N-dealkylation sites (N-methyl/N-ethyl adjacent to an activating group) is 1. The molecule has 0 amide bonds. The number of nitrogens with zero attached hydrogens (tertiary/aromatic N) is 3. The van der Waals surface area contributed by atoms with Gasteiger partial charge in [-0.15, -0.1) is 0 Å². The Labute approximate surface area is 124 Å². The van der Waals surface area contributed by atoms with Crippen LogP contribution >= 0.6 is 0 Å². The highest BCUT2D eigenvalue weighted by molar-refractivity contribution is 5.53. The molecule has 0 aliphatic rings. The zero-order valence-corrected chi connectivity index (χ0v) is 12.0. The average Bonchev–Trinajstić information content (AvgIpc) is 2.53. The standard InChI is InChI=1S/C16H19N3O2/c1-2-19(11-12-20)15-7-3-13(4-8-15)17-18-14-5-9-16(21)10-6-14/h3-10,20-21H,2,11-12H2,1H3. The first-order valence-corrected chi connectivity index (χ1v) is 6.89. The summed E-state index contributed by atoms with van der Waals surface area (Å²) in [4.78, 5) is 2.08. The lowest BCUT2D eigenvalue weighted by Crippen LogP contribution is -2.25. The number of phenols is 1. The van der Waals surface area contributed by atoms with E-state index in [1.807, 2.05) is 31.2 Å². The Morgan fingerprint density at radius 2 is 1.43 bits per heavy atom. The molecular formula is C16H19N3O2. The van der Waals surface area contributed by atoms with Crippen molar-refractivity contribution in [2.45, 2.75) is 6.92 Å². The average molecular weight is 285 g/mol. The Morgan fingerprint density at radius 1 is 0.905 bits per heavy atom. The monoisotopic (exact) mass is 285 g/mol. The van der Waals surface area contributed by atoms with E-state index in [-0.39, 0.29) is 12.4 Å². The van der Waals surface area contributed by atoms with Gasteiger partial charge in [-0.1, -0.05) is 0 Å². The van der Waals surface area contributed by atoms with Crippen molar-refractivity contribution >= 4 is 17.1 Å². The van der Waals surface area contributed by atoms with Crippen LogP contribution in [0.25, 0.3) is 0 Å². The Bertz CT molecular complexity index is 579. The second kappa shape index (κ2) is 7.40. The maximum Gasteiger partial charge on any atom is 0.115 e. The third kappa shape index (κ3) is 4.29. The molecule has 2 N–H and O–H groups in total. The van der Waals surface area contributed by atoms with Gasteiger partial charge in [-0.3, -0.25) is 0 Å². The van der Waals surface area contributed by atoms with Gasteiger partial charge >= 0.3 is 0 Å². The quantitative estimate of drug-likeness (QED) is 0.796. The van der Waals surface area contributed by atoms with Crippen LogP contribution in [0.15, 0.2) is 58.8 Å². The topological polar surface area (TPSA) is 68.4 Å². The predicted molar refractivity (Wildman–Crippen MR) is 83.7 cm³/mol. The predicted octanol–water partition coefficient (Wildman–Crippen LogP) is 3.63. The summed E-state index contributed by atoms with van der Waals surface area (Å²) in [7, 11) is 0. The third-order valence-electron chi connectivity index (χ3n) is 3.10.